The molecule has 0 saturated carbocycles. The van der Waals surface area contributed by atoms with E-state index in [2.05, 4.69) is 4.57 Å². The Labute approximate surface area is 112 Å². The van der Waals surface area contributed by atoms with Gasteiger partial charge in [0, 0.05) is 29.7 Å². The zero-order chi connectivity index (χ0) is 13.6. The van der Waals surface area contributed by atoms with Crippen LogP contribution < -0.4 is 10.5 Å². The molecule has 0 saturated heterocycles. The molecule has 1 aromatic carbocycles. The number of ether oxygens (including phenoxy) is 1. The van der Waals surface area contributed by atoms with Crippen molar-refractivity contribution in [2.24, 2.45) is 5.73 Å². The van der Waals surface area contributed by atoms with Crippen LogP contribution in [0.25, 0.3) is 10.9 Å². The molecule has 3 rings (SSSR count). The van der Waals surface area contributed by atoms with Gasteiger partial charge in [0.2, 0.25) is 0 Å². The lowest BCUT2D eigenvalue weighted by Gasteiger charge is -2.13. The summed E-state index contributed by atoms with van der Waals surface area (Å²) in [6.45, 7) is 2.76. The molecule has 102 valence electrons. The molecule has 0 spiro atoms. The van der Waals surface area contributed by atoms with Crippen LogP contribution in [0.5, 0.6) is 5.75 Å². The predicted molar refractivity (Wildman–Crippen MR) is 74.1 cm³/mol. The number of aryl methyl sites for hydroxylation is 1. The molecule has 0 fully saturated rings. The van der Waals surface area contributed by atoms with Gasteiger partial charge in [-0.05, 0) is 37.8 Å². The number of fused-ring (bicyclic) bond motifs is 3. The standard InChI is InChI=1S/C15H19FN2O/c1-9(17)8-18-13-5-3-4-10(13)11-6-12(16)15(19-2)7-14(11)18/h6-7,9H,3-5,8,17H2,1-2H3/t9-/m1/s1. The number of nitrogens with zero attached hydrogens (tertiary/aromatic N) is 1. The second-order valence-corrected chi connectivity index (χ2v) is 5.37. The molecule has 1 aliphatic carbocycles. The van der Waals surface area contributed by atoms with Crippen molar-refractivity contribution < 1.29 is 9.13 Å². The van der Waals surface area contributed by atoms with Gasteiger partial charge < -0.3 is 15.0 Å². The van der Waals surface area contributed by atoms with Crippen molar-refractivity contribution in [3.8, 4) is 5.75 Å². The van der Waals surface area contributed by atoms with E-state index < -0.39 is 0 Å². The average molecular weight is 262 g/mol. The van der Waals surface area contributed by atoms with E-state index in [9.17, 15) is 4.39 Å². The molecule has 0 aliphatic heterocycles. The molecule has 3 nitrogen and oxygen atoms in total. The minimum Gasteiger partial charge on any atom is -0.494 e. The second kappa shape index (κ2) is 4.53. The zero-order valence-corrected chi connectivity index (χ0v) is 11.4. The van der Waals surface area contributed by atoms with Crippen molar-refractivity contribution in [1.29, 1.82) is 0 Å². The largest absolute Gasteiger partial charge is 0.494 e. The highest BCUT2D eigenvalue weighted by molar-refractivity contribution is 5.87. The van der Waals surface area contributed by atoms with Gasteiger partial charge in [-0.3, -0.25) is 0 Å². The first-order valence-electron chi connectivity index (χ1n) is 6.75. The monoisotopic (exact) mass is 262 g/mol. The second-order valence-electron chi connectivity index (χ2n) is 5.37. The van der Waals surface area contributed by atoms with E-state index in [1.807, 2.05) is 6.92 Å². The van der Waals surface area contributed by atoms with Crippen LogP contribution in [0, 0.1) is 5.82 Å². The average Bonchev–Trinajstić information content (AvgIpc) is 2.92. The first kappa shape index (κ1) is 12.5. The van der Waals surface area contributed by atoms with Gasteiger partial charge in [0.1, 0.15) is 0 Å². The number of benzene rings is 1. The maximum absolute atomic E-state index is 13.9. The van der Waals surface area contributed by atoms with Crippen LogP contribution >= 0.6 is 0 Å². The Kier molecular flexibility index (Phi) is 2.97. The first-order chi connectivity index (χ1) is 9.11. The third-order valence-corrected chi connectivity index (χ3v) is 3.87. The van der Waals surface area contributed by atoms with Crippen molar-refractivity contribution in [3.05, 3.63) is 29.2 Å². The molecule has 4 heteroatoms. The van der Waals surface area contributed by atoms with Crippen LogP contribution in [0.4, 0.5) is 4.39 Å². The quantitative estimate of drug-likeness (QED) is 0.923. The van der Waals surface area contributed by atoms with E-state index in [1.54, 1.807) is 12.1 Å². The highest BCUT2D eigenvalue weighted by atomic mass is 19.1. The van der Waals surface area contributed by atoms with Gasteiger partial charge in [0.15, 0.2) is 11.6 Å². The van der Waals surface area contributed by atoms with Gasteiger partial charge >= 0.3 is 0 Å². The van der Waals surface area contributed by atoms with Crippen molar-refractivity contribution in [2.45, 2.75) is 38.8 Å². The molecule has 1 atom stereocenters. The van der Waals surface area contributed by atoms with Gasteiger partial charge in [0.05, 0.1) is 12.6 Å². The van der Waals surface area contributed by atoms with Crippen LogP contribution in [0.15, 0.2) is 12.1 Å². The Bertz CT molecular complexity index is 631. The van der Waals surface area contributed by atoms with Crippen molar-refractivity contribution in [3.63, 3.8) is 0 Å². The fourth-order valence-electron chi connectivity index (χ4n) is 3.12. The maximum Gasteiger partial charge on any atom is 0.165 e. The summed E-state index contributed by atoms with van der Waals surface area (Å²) in [6.07, 6.45) is 3.23. The molecule has 2 aromatic rings. The Morgan fingerprint density at radius 2 is 2.21 bits per heavy atom. The van der Waals surface area contributed by atoms with E-state index in [4.69, 9.17) is 10.5 Å². The van der Waals surface area contributed by atoms with E-state index in [0.717, 1.165) is 36.7 Å². The number of nitrogens with two attached hydrogens (primary N) is 1. The van der Waals surface area contributed by atoms with Crippen molar-refractivity contribution in [2.75, 3.05) is 7.11 Å². The Morgan fingerprint density at radius 1 is 1.42 bits per heavy atom. The number of methoxy groups -OCH3 is 1. The highest BCUT2D eigenvalue weighted by Gasteiger charge is 2.23. The summed E-state index contributed by atoms with van der Waals surface area (Å²) < 4.78 is 21.2. The number of halogens is 1. The third-order valence-electron chi connectivity index (χ3n) is 3.87. The molecular formula is C15H19FN2O. The Hall–Kier alpha value is -1.55. The Balaban J connectivity index is 2.27. The lowest BCUT2D eigenvalue weighted by atomic mass is 10.1. The summed E-state index contributed by atoms with van der Waals surface area (Å²) in [6, 6.07) is 3.48. The topological polar surface area (TPSA) is 40.2 Å². The molecule has 0 bridgehead atoms. The lowest BCUT2D eigenvalue weighted by molar-refractivity contribution is 0.387. The van der Waals surface area contributed by atoms with Crippen molar-refractivity contribution in [1.82, 2.24) is 4.57 Å². The molecule has 0 radical (unpaired) electrons. The summed E-state index contributed by atoms with van der Waals surface area (Å²) >= 11 is 0. The van der Waals surface area contributed by atoms with Gasteiger partial charge in [0.25, 0.3) is 0 Å². The van der Waals surface area contributed by atoms with Crippen LogP contribution in [-0.2, 0) is 19.4 Å². The van der Waals surface area contributed by atoms with Crippen LogP contribution in [0.3, 0.4) is 0 Å². The molecule has 1 heterocycles. The molecule has 2 N–H and O–H groups in total. The SMILES string of the molecule is COc1cc2c(cc1F)c1c(n2C[C@@H](C)N)CCC1. The molecule has 19 heavy (non-hydrogen) atoms. The van der Waals surface area contributed by atoms with Gasteiger partial charge in [-0.2, -0.15) is 0 Å². The lowest BCUT2D eigenvalue weighted by Crippen LogP contribution is -2.23. The van der Waals surface area contributed by atoms with Crippen molar-refractivity contribution >= 4 is 10.9 Å². The summed E-state index contributed by atoms with van der Waals surface area (Å²) in [5.41, 5.74) is 9.59. The van der Waals surface area contributed by atoms with Crippen LogP contribution in [-0.4, -0.2) is 17.7 Å². The fraction of sp³-hybridized carbons (Fsp3) is 0.467. The number of hydrogen-bond acceptors (Lipinski definition) is 2. The van der Waals surface area contributed by atoms with Gasteiger partial charge in [-0.15, -0.1) is 0 Å². The minimum atomic E-state index is -0.289. The summed E-state index contributed by atoms with van der Waals surface area (Å²) in [5.74, 6) is 0.0113. The Morgan fingerprint density at radius 3 is 2.89 bits per heavy atom. The zero-order valence-electron chi connectivity index (χ0n) is 11.4. The van der Waals surface area contributed by atoms with E-state index >= 15 is 0 Å². The highest BCUT2D eigenvalue weighted by Crippen LogP contribution is 2.36. The summed E-state index contributed by atoms with van der Waals surface area (Å²) in [5, 5.41) is 1.02. The van der Waals surface area contributed by atoms with E-state index in [0.29, 0.717) is 5.75 Å². The molecule has 0 unspecified atom stereocenters. The number of hydrogen-bond donors (Lipinski definition) is 1. The number of rotatable bonds is 3. The smallest absolute Gasteiger partial charge is 0.165 e. The maximum atomic E-state index is 13.9. The van der Waals surface area contributed by atoms with Gasteiger partial charge in [-0.1, -0.05) is 0 Å². The molecular weight excluding hydrogens is 243 g/mol. The molecule has 0 amide bonds. The molecule has 1 aromatic heterocycles. The first-order valence-corrected chi connectivity index (χ1v) is 6.75. The van der Waals surface area contributed by atoms with E-state index in [-0.39, 0.29) is 11.9 Å². The molecule has 1 aliphatic rings. The summed E-state index contributed by atoms with van der Waals surface area (Å²) in [4.78, 5) is 0. The predicted octanol–water partition coefficient (Wildman–Crippen LogP) is 2.62. The summed E-state index contributed by atoms with van der Waals surface area (Å²) in [7, 11) is 1.50. The number of aromatic nitrogens is 1. The fourth-order valence-corrected chi connectivity index (χ4v) is 3.12. The third kappa shape index (κ3) is 1.91. The minimum absolute atomic E-state index is 0.0800. The van der Waals surface area contributed by atoms with Gasteiger partial charge in [-0.25, -0.2) is 4.39 Å². The van der Waals surface area contributed by atoms with Crippen LogP contribution in [0.1, 0.15) is 24.6 Å². The van der Waals surface area contributed by atoms with E-state index in [1.165, 1.54) is 18.4 Å². The van der Waals surface area contributed by atoms with Crippen LogP contribution in [0.2, 0.25) is 0 Å². The normalized spacial score (nSPS) is 15.8.